The zero-order valence-corrected chi connectivity index (χ0v) is 18.9. The number of nitrogens with zero attached hydrogens (tertiary/aromatic N) is 1. The molecule has 0 atom stereocenters. The van der Waals surface area contributed by atoms with Gasteiger partial charge in [0.05, 0.1) is 13.2 Å². The Bertz CT molecular complexity index is 969. The number of fused-ring (bicyclic) bond motifs is 3. The summed E-state index contributed by atoms with van der Waals surface area (Å²) < 4.78 is 11.5. The highest BCUT2D eigenvalue weighted by Crippen LogP contribution is 2.26. The van der Waals surface area contributed by atoms with Gasteiger partial charge in [0.25, 0.3) is 11.8 Å². The van der Waals surface area contributed by atoms with Gasteiger partial charge in [0.2, 0.25) is 0 Å². The van der Waals surface area contributed by atoms with Gasteiger partial charge in [-0.2, -0.15) is 0 Å². The van der Waals surface area contributed by atoms with Crippen molar-refractivity contribution in [1.82, 2.24) is 10.2 Å². The first-order valence-corrected chi connectivity index (χ1v) is 11.7. The molecule has 0 saturated carbocycles. The van der Waals surface area contributed by atoms with E-state index in [4.69, 9.17) is 14.6 Å². The number of carbonyl (C=O) groups is 2. The van der Waals surface area contributed by atoms with E-state index in [1.54, 1.807) is 6.07 Å². The van der Waals surface area contributed by atoms with Gasteiger partial charge in [0, 0.05) is 43.8 Å². The number of ether oxygens (including phenoxy) is 2. The molecule has 4 rings (SSSR count). The molecule has 0 aromatic heterocycles. The highest BCUT2D eigenvalue weighted by atomic mass is 16.5. The molecule has 2 aliphatic rings. The number of carbonyl (C=O) groups excluding carboxylic acids is 2. The van der Waals surface area contributed by atoms with Crippen molar-refractivity contribution in [2.24, 2.45) is 5.92 Å². The summed E-state index contributed by atoms with van der Waals surface area (Å²) in [7, 11) is 0. The van der Waals surface area contributed by atoms with Gasteiger partial charge in [0.15, 0.2) is 0 Å². The van der Waals surface area contributed by atoms with Gasteiger partial charge in [0.1, 0.15) is 12.4 Å². The molecule has 0 radical (unpaired) electrons. The van der Waals surface area contributed by atoms with Crippen molar-refractivity contribution in [3.8, 4) is 5.75 Å². The molecule has 7 nitrogen and oxygen atoms in total. The molecule has 2 aliphatic heterocycles. The minimum atomic E-state index is -0.123. The Morgan fingerprint density at radius 3 is 2.76 bits per heavy atom. The number of amides is 2. The van der Waals surface area contributed by atoms with Gasteiger partial charge in [-0.25, -0.2) is 0 Å². The van der Waals surface area contributed by atoms with Crippen molar-refractivity contribution >= 4 is 11.8 Å². The summed E-state index contributed by atoms with van der Waals surface area (Å²) in [6.45, 7) is 3.32. The highest BCUT2D eigenvalue weighted by Gasteiger charge is 2.24. The fraction of sp³-hybridized carbons (Fsp3) is 0.462. The Hall–Kier alpha value is -2.90. The molecule has 33 heavy (non-hydrogen) atoms. The summed E-state index contributed by atoms with van der Waals surface area (Å²) in [6, 6.07) is 13.1. The molecule has 1 fully saturated rings. The van der Waals surface area contributed by atoms with Crippen LogP contribution in [0.5, 0.6) is 5.75 Å². The lowest BCUT2D eigenvalue weighted by Gasteiger charge is -2.32. The van der Waals surface area contributed by atoms with Crippen LogP contribution in [0.2, 0.25) is 0 Å². The standard InChI is InChI=1S/C26H32N2O5/c29-12-8-19-6-10-28(11-7-19)26(31)22-4-5-24-23(18-22)17-20-2-1-3-21(16-20)25(30)27-9-13-32-14-15-33-24/h1-5,16,18-19,29H,6-15,17H2,(H,27,30). The number of hydrogen-bond acceptors (Lipinski definition) is 5. The molecular formula is C26H32N2O5. The van der Waals surface area contributed by atoms with Crippen LogP contribution in [0.25, 0.3) is 0 Å². The third-order valence-corrected chi connectivity index (χ3v) is 6.35. The topological polar surface area (TPSA) is 88.1 Å². The predicted octanol–water partition coefficient (Wildman–Crippen LogP) is 2.65. The van der Waals surface area contributed by atoms with Gasteiger partial charge in [-0.3, -0.25) is 9.59 Å². The molecule has 2 aromatic rings. The third kappa shape index (κ3) is 6.12. The maximum absolute atomic E-state index is 13.2. The second-order valence-electron chi connectivity index (χ2n) is 8.66. The smallest absolute Gasteiger partial charge is 0.253 e. The Balaban J connectivity index is 1.56. The summed E-state index contributed by atoms with van der Waals surface area (Å²) >= 11 is 0. The Labute approximate surface area is 194 Å². The van der Waals surface area contributed by atoms with Gasteiger partial charge in [-0.1, -0.05) is 12.1 Å². The average Bonchev–Trinajstić information content (AvgIpc) is 2.84. The molecule has 2 N–H and O–H groups in total. The molecule has 0 aliphatic carbocycles. The fourth-order valence-electron chi connectivity index (χ4n) is 4.48. The lowest BCUT2D eigenvalue weighted by molar-refractivity contribution is 0.0677. The van der Waals surface area contributed by atoms with Crippen LogP contribution in [-0.2, 0) is 11.2 Å². The first-order valence-electron chi connectivity index (χ1n) is 11.7. The van der Waals surface area contributed by atoms with E-state index in [0.717, 1.165) is 36.1 Å². The molecule has 7 heteroatoms. The normalized spacial score (nSPS) is 18.0. The van der Waals surface area contributed by atoms with E-state index in [0.29, 0.717) is 62.9 Å². The third-order valence-electron chi connectivity index (χ3n) is 6.35. The van der Waals surface area contributed by atoms with Crippen LogP contribution in [0.4, 0.5) is 0 Å². The van der Waals surface area contributed by atoms with E-state index in [-0.39, 0.29) is 18.4 Å². The van der Waals surface area contributed by atoms with Crippen molar-refractivity contribution in [3.63, 3.8) is 0 Å². The van der Waals surface area contributed by atoms with E-state index >= 15 is 0 Å². The molecular weight excluding hydrogens is 420 g/mol. The van der Waals surface area contributed by atoms with Crippen molar-refractivity contribution in [2.75, 3.05) is 46.1 Å². The molecule has 2 aromatic carbocycles. The number of nitrogens with one attached hydrogen (secondary N) is 1. The van der Waals surface area contributed by atoms with E-state index in [2.05, 4.69) is 5.32 Å². The number of likely N-dealkylation sites (tertiary alicyclic amines) is 1. The van der Waals surface area contributed by atoms with Crippen LogP contribution in [0.1, 0.15) is 51.1 Å². The zero-order valence-electron chi connectivity index (χ0n) is 18.9. The number of hydrogen-bond donors (Lipinski definition) is 2. The van der Waals surface area contributed by atoms with E-state index in [1.165, 1.54) is 0 Å². The number of benzene rings is 2. The summed E-state index contributed by atoms with van der Waals surface area (Å²) in [6.07, 6.45) is 3.21. The average molecular weight is 453 g/mol. The second-order valence-corrected chi connectivity index (χ2v) is 8.66. The first kappa shape index (κ1) is 23.3. The van der Waals surface area contributed by atoms with Gasteiger partial charge >= 0.3 is 0 Å². The van der Waals surface area contributed by atoms with Crippen LogP contribution >= 0.6 is 0 Å². The molecule has 176 valence electrons. The van der Waals surface area contributed by atoms with Crippen molar-refractivity contribution in [1.29, 1.82) is 0 Å². The van der Waals surface area contributed by atoms with Crippen molar-refractivity contribution in [3.05, 3.63) is 64.7 Å². The number of rotatable bonds is 3. The lowest BCUT2D eigenvalue weighted by Crippen LogP contribution is -2.38. The van der Waals surface area contributed by atoms with Crippen molar-refractivity contribution in [2.45, 2.75) is 25.7 Å². The van der Waals surface area contributed by atoms with Crippen LogP contribution in [0, 0.1) is 5.92 Å². The minimum Gasteiger partial charge on any atom is -0.491 e. The van der Waals surface area contributed by atoms with Gasteiger partial charge in [-0.05, 0) is 66.6 Å². The first-order chi connectivity index (χ1) is 16.1. The molecule has 2 amide bonds. The summed E-state index contributed by atoms with van der Waals surface area (Å²) in [5, 5.41) is 12.0. The van der Waals surface area contributed by atoms with Crippen LogP contribution in [0.3, 0.4) is 0 Å². The summed E-state index contributed by atoms with van der Waals surface area (Å²) in [4.78, 5) is 27.5. The predicted molar refractivity (Wildman–Crippen MR) is 125 cm³/mol. The largest absolute Gasteiger partial charge is 0.491 e. The number of piperidine rings is 1. The Kier molecular flexibility index (Phi) is 7.96. The van der Waals surface area contributed by atoms with Crippen LogP contribution in [-0.4, -0.2) is 67.9 Å². The van der Waals surface area contributed by atoms with E-state index < -0.39 is 0 Å². The SMILES string of the molecule is O=C1NCCOCCOc2ccc(C(=O)N3CCC(CCO)CC3)cc2Cc2cccc1c2. The minimum absolute atomic E-state index is 0.0242. The monoisotopic (exact) mass is 452 g/mol. The maximum Gasteiger partial charge on any atom is 0.253 e. The second kappa shape index (κ2) is 11.3. The summed E-state index contributed by atoms with van der Waals surface area (Å²) in [5.74, 6) is 1.12. The molecule has 1 saturated heterocycles. The lowest BCUT2D eigenvalue weighted by atomic mass is 9.93. The van der Waals surface area contributed by atoms with Crippen molar-refractivity contribution < 1.29 is 24.2 Å². The molecule has 2 heterocycles. The Morgan fingerprint density at radius 1 is 1.09 bits per heavy atom. The van der Waals surface area contributed by atoms with Crippen LogP contribution < -0.4 is 10.1 Å². The molecule has 0 unspecified atom stereocenters. The number of aliphatic hydroxyl groups excluding tert-OH is 1. The summed E-state index contributed by atoms with van der Waals surface area (Å²) in [5.41, 5.74) is 3.13. The quantitative estimate of drug-likeness (QED) is 0.748. The Morgan fingerprint density at radius 2 is 1.94 bits per heavy atom. The zero-order chi connectivity index (χ0) is 23.0. The molecule has 0 spiro atoms. The molecule has 2 bridgehead atoms. The van der Waals surface area contributed by atoms with Gasteiger partial charge < -0.3 is 24.8 Å². The number of aliphatic hydroxyl groups is 1. The van der Waals surface area contributed by atoms with E-state index in [9.17, 15) is 9.59 Å². The fourth-order valence-corrected chi connectivity index (χ4v) is 4.48. The van der Waals surface area contributed by atoms with Gasteiger partial charge in [-0.15, -0.1) is 0 Å². The van der Waals surface area contributed by atoms with E-state index in [1.807, 2.05) is 41.3 Å². The highest BCUT2D eigenvalue weighted by molar-refractivity contribution is 5.95. The van der Waals surface area contributed by atoms with Crippen LogP contribution in [0.15, 0.2) is 42.5 Å². The maximum atomic E-state index is 13.2.